The first-order valence-corrected chi connectivity index (χ1v) is 6.58. The number of aromatic amines is 1. The number of hydrogen-bond donors (Lipinski definition) is 2. The van der Waals surface area contributed by atoms with E-state index in [4.69, 9.17) is 5.26 Å². The SMILES string of the molecule is CC(=O)c1c[nH]c(C(=O)Nc2ccc(SC#N)cc2)c1. The zero-order chi connectivity index (χ0) is 14.5. The molecule has 0 radical (unpaired) electrons. The Morgan fingerprint density at radius 1 is 1.30 bits per heavy atom. The quantitative estimate of drug-likeness (QED) is 0.513. The summed E-state index contributed by atoms with van der Waals surface area (Å²) in [5.74, 6) is -0.420. The van der Waals surface area contributed by atoms with Gasteiger partial charge >= 0.3 is 0 Å². The van der Waals surface area contributed by atoms with Gasteiger partial charge in [0.2, 0.25) is 0 Å². The molecule has 5 nitrogen and oxygen atoms in total. The highest BCUT2D eigenvalue weighted by Crippen LogP contribution is 2.19. The second kappa shape index (κ2) is 6.08. The highest BCUT2D eigenvalue weighted by atomic mass is 32.2. The monoisotopic (exact) mass is 285 g/mol. The van der Waals surface area contributed by atoms with Crippen LogP contribution in [0, 0.1) is 10.7 Å². The minimum absolute atomic E-state index is 0.0989. The Hall–Kier alpha value is -2.52. The molecule has 0 bridgehead atoms. The number of carbonyl (C=O) groups is 2. The van der Waals surface area contributed by atoms with Crippen LogP contribution in [0.25, 0.3) is 0 Å². The second-order valence-electron chi connectivity index (χ2n) is 4.03. The summed E-state index contributed by atoms with van der Waals surface area (Å²) in [7, 11) is 0. The van der Waals surface area contributed by atoms with Crippen molar-refractivity contribution in [2.24, 2.45) is 0 Å². The molecule has 1 aromatic heterocycles. The average molecular weight is 285 g/mol. The van der Waals surface area contributed by atoms with E-state index < -0.39 is 0 Å². The molecule has 0 saturated carbocycles. The number of nitrogens with zero attached hydrogens (tertiary/aromatic N) is 1. The van der Waals surface area contributed by atoms with Crippen molar-refractivity contribution in [3.8, 4) is 5.40 Å². The van der Waals surface area contributed by atoms with Crippen molar-refractivity contribution in [1.29, 1.82) is 5.26 Å². The molecular formula is C14H11N3O2S. The molecule has 0 aliphatic carbocycles. The van der Waals surface area contributed by atoms with E-state index in [9.17, 15) is 9.59 Å². The van der Waals surface area contributed by atoms with Crippen LogP contribution in [0.4, 0.5) is 5.69 Å². The molecule has 2 N–H and O–H groups in total. The first kappa shape index (κ1) is 13.9. The van der Waals surface area contributed by atoms with Gasteiger partial charge in [-0.15, -0.1) is 0 Å². The van der Waals surface area contributed by atoms with E-state index in [-0.39, 0.29) is 11.7 Å². The fraction of sp³-hybridized carbons (Fsp3) is 0.0714. The summed E-state index contributed by atoms with van der Waals surface area (Å²) in [6.07, 6.45) is 1.50. The average Bonchev–Trinajstić information content (AvgIpc) is 2.91. The van der Waals surface area contributed by atoms with Gasteiger partial charge in [-0.3, -0.25) is 9.59 Å². The molecule has 6 heteroatoms. The van der Waals surface area contributed by atoms with Crippen LogP contribution in [0.1, 0.15) is 27.8 Å². The summed E-state index contributed by atoms with van der Waals surface area (Å²) < 4.78 is 0. The third-order valence-corrected chi connectivity index (χ3v) is 3.21. The summed E-state index contributed by atoms with van der Waals surface area (Å²) in [6, 6.07) is 8.44. The normalized spacial score (nSPS) is 9.80. The van der Waals surface area contributed by atoms with E-state index in [2.05, 4.69) is 10.3 Å². The molecule has 0 aliphatic heterocycles. The van der Waals surface area contributed by atoms with Crippen molar-refractivity contribution in [3.05, 3.63) is 47.8 Å². The van der Waals surface area contributed by atoms with E-state index >= 15 is 0 Å². The van der Waals surface area contributed by atoms with E-state index in [1.54, 1.807) is 24.3 Å². The highest BCUT2D eigenvalue weighted by Gasteiger charge is 2.10. The Morgan fingerprint density at radius 2 is 2.00 bits per heavy atom. The van der Waals surface area contributed by atoms with Gasteiger partial charge in [-0.1, -0.05) is 0 Å². The number of anilines is 1. The Kier molecular flexibility index (Phi) is 4.23. The van der Waals surface area contributed by atoms with E-state index in [1.165, 1.54) is 19.2 Å². The number of H-pyrrole nitrogens is 1. The first-order chi connectivity index (χ1) is 9.60. The number of thiocyanates is 1. The number of carbonyl (C=O) groups excluding carboxylic acids is 2. The van der Waals surface area contributed by atoms with Crippen molar-refractivity contribution in [3.63, 3.8) is 0 Å². The van der Waals surface area contributed by atoms with Gasteiger partial charge in [0.1, 0.15) is 11.1 Å². The molecule has 0 atom stereocenters. The number of thioether (sulfide) groups is 1. The van der Waals surface area contributed by atoms with E-state index in [0.29, 0.717) is 16.9 Å². The van der Waals surface area contributed by atoms with Gasteiger partial charge in [0.25, 0.3) is 5.91 Å². The minimum Gasteiger partial charge on any atom is -0.356 e. The zero-order valence-electron chi connectivity index (χ0n) is 10.6. The second-order valence-corrected chi connectivity index (χ2v) is 4.89. The van der Waals surface area contributed by atoms with Crippen LogP contribution in [0.2, 0.25) is 0 Å². The Labute approximate surface area is 120 Å². The Balaban J connectivity index is 2.07. The van der Waals surface area contributed by atoms with Crippen LogP contribution in [-0.4, -0.2) is 16.7 Å². The number of nitriles is 1. The number of nitrogens with one attached hydrogen (secondary N) is 2. The van der Waals surface area contributed by atoms with Crippen molar-refractivity contribution >= 4 is 29.1 Å². The molecule has 1 amide bonds. The number of amides is 1. The Morgan fingerprint density at radius 3 is 2.55 bits per heavy atom. The molecule has 0 spiro atoms. The largest absolute Gasteiger partial charge is 0.356 e. The molecular weight excluding hydrogens is 274 g/mol. The highest BCUT2D eigenvalue weighted by molar-refractivity contribution is 8.03. The zero-order valence-corrected chi connectivity index (χ0v) is 11.5. The third-order valence-electron chi connectivity index (χ3n) is 2.61. The Bertz CT molecular complexity index is 683. The predicted octanol–water partition coefficient (Wildman–Crippen LogP) is 3.04. The van der Waals surface area contributed by atoms with Crippen LogP contribution in [-0.2, 0) is 0 Å². The van der Waals surface area contributed by atoms with Crippen LogP contribution < -0.4 is 5.32 Å². The summed E-state index contributed by atoms with van der Waals surface area (Å²) >= 11 is 1.05. The van der Waals surface area contributed by atoms with Crippen molar-refractivity contribution in [2.45, 2.75) is 11.8 Å². The topological polar surface area (TPSA) is 85.8 Å². The van der Waals surface area contributed by atoms with Crippen LogP contribution in [0.5, 0.6) is 0 Å². The molecule has 1 heterocycles. The van der Waals surface area contributed by atoms with Crippen molar-refractivity contribution in [1.82, 2.24) is 4.98 Å². The summed E-state index contributed by atoms with van der Waals surface area (Å²) in [6.45, 7) is 1.44. The molecule has 100 valence electrons. The molecule has 2 rings (SSSR count). The maximum atomic E-state index is 11.9. The molecule has 2 aromatic rings. The van der Waals surface area contributed by atoms with Gasteiger partial charge in [-0.05, 0) is 49.0 Å². The number of hydrogen-bond acceptors (Lipinski definition) is 4. The molecule has 20 heavy (non-hydrogen) atoms. The number of ketones is 1. The van der Waals surface area contributed by atoms with Gasteiger partial charge in [-0.2, -0.15) is 5.26 Å². The maximum absolute atomic E-state index is 11.9. The van der Waals surface area contributed by atoms with Crippen LogP contribution in [0.15, 0.2) is 41.4 Å². The lowest BCUT2D eigenvalue weighted by Gasteiger charge is -2.03. The summed E-state index contributed by atoms with van der Waals surface area (Å²) in [5, 5.41) is 13.2. The van der Waals surface area contributed by atoms with Gasteiger partial charge < -0.3 is 10.3 Å². The third kappa shape index (κ3) is 3.28. The number of benzene rings is 1. The smallest absolute Gasteiger partial charge is 0.272 e. The maximum Gasteiger partial charge on any atom is 0.272 e. The number of rotatable bonds is 4. The molecule has 1 aromatic carbocycles. The van der Waals surface area contributed by atoms with Gasteiger partial charge in [-0.25, -0.2) is 0 Å². The molecule has 0 unspecified atom stereocenters. The van der Waals surface area contributed by atoms with Gasteiger partial charge in [0, 0.05) is 22.3 Å². The van der Waals surface area contributed by atoms with Crippen LogP contribution in [0.3, 0.4) is 0 Å². The standard InChI is InChI=1S/C14H11N3O2S/c1-9(18)10-6-13(16-7-10)14(19)17-11-2-4-12(5-3-11)20-8-15/h2-7,16H,1H3,(H,17,19). The van der Waals surface area contributed by atoms with Crippen molar-refractivity contribution in [2.75, 3.05) is 5.32 Å². The lowest BCUT2D eigenvalue weighted by Crippen LogP contribution is -2.12. The molecule has 0 fully saturated rings. The lowest BCUT2D eigenvalue weighted by molar-refractivity contribution is 0.101. The fourth-order valence-electron chi connectivity index (χ4n) is 1.59. The van der Waals surface area contributed by atoms with E-state index in [1.807, 2.05) is 5.40 Å². The van der Waals surface area contributed by atoms with Crippen LogP contribution >= 0.6 is 11.8 Å². The van der Waals surface area contributed by atoms with Gasteiger partial charge in [0.05, 0.1) is 0 Å². The molecule has 0 aliphatic rings. The summed E-state index contributed by atoms with van der Waals surface area (Å²) in [5.41, 5.74) is 1.41. The van der Waals surface area contributed by atoms with Gasteiger partial charge in [0.15, 0.2) is 5.78 Å². The van der Waals surface area contributed by atoms with E-state index in [0.717, 1.165) is 16.7 Å². The number of aromatic nitrogens is 1. The minimum atomic E-state index is -0.321. The number of Topliss-reactive ketones (excluding diaryl/α,β-unsaturated/α-hetero) is 1. The lowest BCUT2D eigenvalue weighted by atomic mass is 10.2. The fourth-order valence-corrected chi connectivity index (χ4v) is 1.96. The predicted molar refractivity (Wildman–Crippen MR) is 76.7 cm³/mol. The summed E-state index contributed by atoms with van der Waals surface area (Å²) in [4.78, 5) is 26.7. The van der Waals surface area contributed by atoms with Crippen molar-refractivity contribution < 1.29 is 9.59 Å². The molecule has 0 saturated heterocycles. The first-order valence-electron chi connectivity index (χ1n) is 5.77.